The summed E-state index contributed by atoms with van der Waals surface area (Å²) in [5.41, 5.74) is 19.9. The lowest BCUT2D eigenvalue weighted by atomic mass is 9.69. The number of nitrogens with zero attached hydrogens (tertiary/aromatic N) is 2. The molecule has 6 N–H and O–H groups in total. The van der Waals surface area contributed by atoms with Gasteiger partial charge in [-0.15, -0.1) is 0 Å². The molecule has 2 unspecified atom stereocenters. The van der Waals surface area contributed by atoms with Gasteiger partial charge in [0.05, 0.1) is 22.6 Å². The second-order valence-electron chi connectivity index (χ2n) is 17.0. The Hall–Kier alpha value is -3.48. The average molecular weight is 709 g/mol. The van der Waals surface area contributed by atoms with Crippen molar-refractivity contribution in [1.29, 1.82) is 0 Å². The van der Waals surface area contributed by atoms with Crippen LogP contribution in [-0.4, -0.2) is 29.0 Å². The van der Waals surface area contributed by atoms with E-state index >= 15 is 0 Å². The number of hydrogen-bond donors (Lipinski definition) is 4. The summed E-state index contributed by atoms with van der Waals surface area (Å²) in [6, 6.07) is 26.3. The van der Waals surface area contributed by atoms with Gasteiger partial charge in [-0.05, 0) is 120 Å². The number of rotatable bonds is 20. The molecule has 0 aliphatic heterocycles. The first-order valence-electron chi connectivity index (χ1n) is 19.9. The van der Waals surface area contributed by atoms with Crippen LogP contribution < -0.4 is 22.1 Å². The van der Waals surface area contributed by atoms with Crippen LogP contribution in [0.5, 0.6) is 0 Å². The first kappa shape index (κ1) is 42.9. The molecule has 3 aromatic rings. The van der Waals surface area contributed by atoms with Crippen molar-refractivity contribution in [1.82, 2.24) is 5.32 Å². The van der Waals surface area contributed by atoms with E-state index < -0.39 is 0 Å². The van der Waals surface area contributed by atoms with Crippen LogP contribution in [0.25, 0.3) is 0 Å². The maximum Gasteiger partial charge on any atom is 0.0804 e. The number of anilines is 2. The number of nitrogens with two attached hydrogens (primary N) is 2. The molecule has 286 valence electrons. The van der Waals surface area contributed by atoms with Crippen molar-refractivity contribution in [2.24, 2.45) is 15.7 Å². The molecule has 0 aliphatic rings. The molecule has 0 radical (unpaired) electrons. The summed E-state index contributed by atoms with van der Waals surface area (Å²) in [6.45, 7) is 26.9. The van der Waals surface area contributed by atoms with Gasteiger partial charge in [0.1, 0.15) is 0 Å². The lowest BCUT2D eigenvalue weighted by molar-refractivity contribution is 0.196. The van der Waals surface area contributed by atoms with E-state index in [4.69, 9.17) is 21.5 Å². The lowest BCUT2D eigenvalue weighted by Gasteiger charge is -2.47. The maximum atomic E-state index is 6.36. The zero-order valence-corrected chi connectivity index (χ0v) is 34.8. The third-order valence-electron chi connectivity index (χ3n) is 11.0. The van der Waals surface area contributed by atoms with Crippen molar-refractivity contribution in [3.05, 3.63) is 89.5 Å². The molecule has 52 heavy (non-hydrogen) atoms. The first-order valence-corrected chi connectivity index (χ1v) is 19.9. The molecule has 6 heteroatoms. The van der Waals surface area contributed by atoms with Crippen molar-refractivity contribution in [2.75, 3.05) is 11.1 Å². The summed E-state index contributed by atoms with van der Waals surface area (Å²) in [5, 5.41) is 8.08. The van der Waals surface area contributed by atoms with Crippen molar-refractivity contribution in [3.63, 3.8) is 0 Å². The number of aliphatic imine (C=N–C) groups is 2. The largest absolute Gasteiger partial charge is 0.399 e. The van der Waals surface area contributed by atoms with Gasteiger partial charge in [-0.2, -0.15) is 0 Å². The third-order valence-corrected chi connectivity index (χ3v) is 11.0. The summed E-state index contributed by atoms with van der Waals surface area (Å²) in [7, 11) is 0. The Kier molecular flexibility index (Phi) is 15.3. The second-order valence-corrected chi connectivity index (χ2v) is 17.0. The monoisotopic (exact) mass is 709 g/mol. The van der Waals surface area contributed by atoms with Gasteiger partial charge in [0.2, 0.25) is 0 Å². The number of benzene rings is 3. The third kappa shape index (κ3) is 11.5. The molecule has 0 spiro atoms. The van der Waals surface area contributed by atoms with E-state index in [0.717, 1.165) is 91.0 Å². The van der Waals surface area contributed by atoms with Gasteiger partial charge in [-0.3, -0.25) is 9.98 Å². The molecule has 0 saturated carbocycles. The minimum atomic E-state index is -0.382. The predicted molar refractivity (Wildman–Crippen MR) is 230 cm³/mol. The maximum absolute atomic E-state index is 6.36. The first-order chi connectivity index (χ1) is 24.4. The molecule has 2 atom stereocenters. The Morgan fingerprint density at radius 1 is 0.615 bits per heavy atom. The number of nitrogens with one attached hydrogen (secondary N) is 2. The Morgan fingerprint density at radius 3 is 1.63 bits per heavy atom. The minimum absolute atomic E-state index is 0.156. The van der Waals surface area contributed by atoms with Crippen LogP contribution in [0.15, 0.2) is 82.8 Å². The number of hydrogen-bond acceptors (Lipinski definition) is 6. The summed E-state index contributed by atoms with van der Waals surface area (Å²) in [5.74, 6) is 0. The van der Waals surface area contributed by atoms with Gasteiger partial charge in [0, 0.05) is 40.0 Å². The molecule has 6 nitrogen and oxygen atoms in total. The van der Waals surface area contributed by atoms with Crippen LogP contribution in [-0.2, 0) is 16.5 Å². The fourth-order valence-corrected chi connectivity index (χ4v) is 6.99. The molecule has 0 amide bonds. The van der Waals surface area contributed by atoms with Gasteiger partial charge >= 0.3 is 0 Å². The molecule has 0 aliphatic carbocycles. The van der Waals surface area contributed by atoms with E-state index in [-0.39, 0.29) is 22.0 Å². The van der Waals surface area contributed by atoms with E-state index in [0.29, 0.717) is 12.1 Å². The molecular formula is C46H72N6. The smallest absolute Gasteiger partial charge is 0.0804 e. The molecule has 3 aromatic carbocycles. The quantitative estimate of drug-likeness (QED) is 0.0693. The molecule has 0 aromatic heterocycles. The highest BCUT2D eigenvalue weighted by atomic mass is 15.1. The summed E-state index contributed by atoms with van der Waals surface area (Å²) in [4.78, 5) is 10.6. The molecule has 0 heterocycles. The van der Waals surface area contributed by atoms with Gasteiger partial charge in [0.25, 0.3) is 0 Å². The van der Waals surface area contributed by atoms with Crippen molar-refractivity contribution >= 4 is 28.5 Å². The van der Waals surface area contributed by atoms with E-state index in [2.05, 4.69) is 154 Å². The van der Waals surface area contributed by atoms with Crippen molar-refractivity contribution in [2.45, 2.75) is 169 Å². The Morgan fingerprint density at radius 2 is 1.12 bits per heavy atom. The fraction of sp³-hybridized carbons (Fsp3) is 0.565. The summed E-state index contributed by atoms with van der Waals surface area (Å²) < 4.78 is 0. The lowest BCUT2D eigenvalue weighted by Crippen LogP contribution is -2.60. The van der Waals surface area contributed by atoms with Crippen LogP contribution in [0, 0.1) is 0 Å². The number of nitrogen functional groups attached to an aromatic ring is 1. The van der Waals surface area contributed by atoms with Crippen LogP contribution >= 0.6 is 0 Å². The Labute approximate surface area is 317 Å². The summed E-state index contributed by atoms with van der Waals surface area (Å²) >= 11 is 0. The molecule has 0 saturated heterocycles. The van der Waals surface area contributed by atoms with E-state index in [9.17, 15) is 0 Å². The summed E-state index contributed by atoms with van der Waals surface area (Å²) in [6.07, 6.45) is 8.22. The van der Waals surface area contributed by atoms with Crippen LogP contribution in [0.1, 0.15) is 151 Å². The predicted octanol–water partition coefficient (Wildman–Crippen LogP) is 11.6. The molecule has 0 fully saturated rings. The zero-order valence-electron chi connectivity index (χ0n) is 34.8. The Bertz CT molecular complexity index is 1570. The SMILES string of the molecule is CCCC(=Nc1ccc(C(C)(C)C(C)(C)NC(CCC)C(CCC)Nc2ccc(C(C)(C)N)cc2)cc1)C(CCC)=NC(C)(C)c1ccc(N)cc1. The molecule has 0 bridgehead atoms. The highest BCUT2D eigenvalue weighted by Gasteiger charge is 2.40. The van der Waals surface area contributed by atoms with Gasteiger partial charge in [-0.25, -0.2) is 0 Å². The fourth-order valence-electron chi connectivity index (χ4n) is 6.99. The van der Waals surface area contributed by atoms with E-state index in [1.54, 1.807) is 0 Å². The molecule has 3 rings (SSSR count). The Balaban J connectivity index is 1.89. The minimum Gasteiger partial charge on any atom is -0.399 e. The zero-order chi connectivity index (χ0) is 38.7. The normalized spacial score (nSPS) is 14.7. The average Bonchev–Trinajstić information content (AvgIpc) is 3.07. The standard InChI is InChI=1S/C46H72N6/c1-13-17-39(41(19-15-3)51-45(9,10)35-21-27-36(47)28-22-35)49-37-29-23-33(24-30-37)43(5,6)46(11,12)52-42(20-16-4)40(18-14-2)50-38-31-25-34(26-32-38)44(7,8)48/h21-32,40,42,50,52H,13-20,47-48H2,1-12H3. The van der Waals surface area contributed by atoms with Crippen molar-refractivity contribution < 1.29 is 0 Å². The van der Waals surface area contributed by atoms with E-state index in [1.807, 2.05) is 12.1 Å². The van der Waals surface area contributed by atoms with Crippen molar-refractivity contribution in [3.8, 4) is 0 Å². The van der Waals surface area contributed by atoms with Crippen LogP contribution in [0.3, 0.4) is 0 Å². The van der Waals surface area contributed by atoms with Gasteiger partial charge < -0.3 is 22.1 Å². The van der Waals surface area contributed by atoms with Gasteiger partial charge in [0.15, 0.2) is 0 Å². The highest BCUT2D eigenvalue weighted by Crippen LogP contribution is 2.37. The topological polar surface area (TPSA) is 101 Å². The van der Waals surface area contributed by atoms with Crippen LogP contribution in [0.4, 0.5) is 17.1 Å². The van der Waals surface area contributed by atoms with E-state index in [1.165, 1.54) is 5.56 Å². The van der Waals surface area contributed by atoms with Crippen LogP contribution in [0.2, 0.25) is 0 Å². The molecular weight excluding hydrogens is 637 g/mol. The highest BCUT2D eigenvalue weighted by molar-refractivity contribution is 6.42. The van der Waals surface area contributed by atoms with Gasteiger partial charge in [-0.1, -0.05) is 104 Å². The second kappa shape index (κ2) is 18.5.